The van der Waals surface area contributed by atoms with Crippen molar-refractivity contribution in [2.45, 2.75) is 39.5 Å². The standard InChI is InChI=1S/C15H25NO3/c1-4-18-10-14(17)11-19-15-8-6-5-7-13(15)9-16-12(2)3/h5-8,12,14,16-17H,4,9-11H2,1-3H3. The minimum atomic E-state index is -0.592. The molecule has 0 aliphatic carbocycles. The van der Waals surface area contributed by atoms with Gasteiger partial charge < -0.3 is 19.9 Å². The van der Waals surface area contributed by atoms with E-state index in [1.54, 1.807) is 0 Å². The van der Waals surface area contributed by atoms with Crippen molar-refractivity contribution in [3.05, 3.63) is 29.8 Å². The minimum Gasteiger partial charge on any atom is -0.490 e. The first kappa shape index (κ1) is 16.0. The van der Waals surface area contributed by atoms with Crippen LogP contribution in [0.25, 0.3) is 0 Å². The van der Waals surface area contributed by atoms with Crippen molar-refractivity contribution in [2.75, 3.05) is 19.8 Å². The molecular weight excluding hydrogens is 242 g/mol. The number of nitrogens with one attached hydrogen (secondary N) is 1. The number of hydrogen-bond donors (Lipinski definition) is 2. The number of aliphatic hydroxyl groups is 1. The third-order valence-electron chi connectivity index (χ3n) is 2.62. The van der Waals surface area contributed by atoms with Crippen molar-refractivity contribution in [3.63, 3.8) is 0 Å². The quantitative estimate of drug-likeness (QED) is 0.718. The summed E-state index contributed by atoms with van der Waals surface area (Å²) in [5.41, 5.74) is 1.10. The molecule has 1 rings (SSSR count). The van der Waals surface area contributed by atoms with Crippen LogP contribution in [0.3, 0.4) is 0 Å². The van der Waals surface area contributed by atoms with E-state index < -0.39 is 6.10 Å². The number of ether oxygens (including phenoxy) is 2. The molecule has 4 heteroatoms. The predicted molar refractivity (Wildman–Crippen MR) is 76.4 cm³/mol. The van der Waals surface area contributed by atoms with Crippen LogP contribution >= 0.6 is 0 Å². The van der Waals surface area contributed by atoms with Crippen LogP contribution in [-0.2, 0) is 11.3 Å². The Bertz CT molecular complexity index is 355. The Labute approximate surface area is 115 Å². The largest absolute Gasteiger partial charge is 0.490 e. The molecular formula is C15H25NO3. The molecule has 1 atom stereocenters. The smallest absolute Gasteiger partial charge is 0.123 e. The third-order valence-corrected chi connectivity index (χ3v) is 2.62. The first-order chi connectivity index (χ1) is 9.13. The Hall–Kier alpha value is -1.10. The molecule has 19 heavy (non-hydrogen) atoms. The van der Waals surface area contributed by atoms with Gasteiger partial charge in [-0.05, 0) is 13.0 Å². The summed E-state index contributed by atoms with van der Waals surface area (Å²) >= 11 is 0. The van der Waals surface area contributed by atoms with E-state index in [2.05, 4.69) is 19.2 Å². The van der Waals surface area contributed by atoms with E-state index in [9.17, 15) is 5.11 Å². The molecule has 0 aliphatic heterocycles. The van der Waals surface area contributed by atoms with E-state index in [0.29, 0.717) is 19.3 Å². The highest BCUT2D eigenvalue weighted by molar-refractivity contribution is 5.33. The normalized spacial score (nSPS) is 12.7. The van der Waals surface area contributed by atoms with Crippen molar-refractivity contribution in [2.24, 2.45) is 0 Å². The van der Waals surface area contributed by atoms with Crippen molar-refractivity contribution in [3.8, 4) is 5.75 Å². The molecule has 4 nitrogen and oxygen atoms in total. The lowest BCUT2D eigenvalue weighted by molar-refractivity contribution is 0.0162. The summed E-state index contributed by atoms with van der Waals surface area (Å²) in [5, 5.41) is 13.0. The van der Waals surface area contributed by atoms with Gasteiger partial charge in [0.15, 0.2) is 0 Å². The third kappa shape index (κ3) is 6.57. The van der Waals surface area contributed by atoms with Crippen molar-refractivity contribution >= 4 is 0 Å². The summed E-state index contributed by atoms with van der Waals surface area (Å²) in [6, 6.07) is 8.30. The zero-order valence-electron chi connectivity index (χ0n) is 12.1. The van der Waals surface area contributed by atoms with Crippen LogP contribution in [0.15, 0.2) is 24.3 Å². The molecule has 0 spiro atoms. The lowest BCUT2D eigenvalue weighted by atomic mass is 10.2. The summed E-state index contributed by atoms with van der Waals surface area (Å²) in [6.07, 6.45) is -0.592. The molecule has 0 amide bonds. The molecule has 0 bridgehead atoms. The number of rotatable bonds is 9. The van der Waals surface area contributed by atoms with Gasteiger partial charge in [0.1, 0.15) is 18.5 Å². The average molecular weight is 267 g/mol. The summed E-state index contributed by atoms with van der Waals surface area (Å²) in [6.45, 7) is 8.04. The summed E-state index contributed by atoms with van der Waals surface area (Å²) in [5.74, 6) is 0.811. The molecule has 0 saturated carbocycles. The van der Waals surface area contributed by atoms with Gasteiger partial charge in [0.2, 0.25) is 0 Å². The van der Waals surface area contributed by atoms with E-state index in [4.69, 9.17) is 9.47 Å². The number of benzene rings is 1. The van der Waals surface area contributed by atoms with E-state index in [0.717, 1.165) is 17.9 Å². The van der Waals surface area contributed by atoms with Crippen LogP contribution in [0, 0.1) is 0 Å². The first-order valence-electron chi connectivity index (χ1n) is 6.83. The summed E-state index contributed by atoms with van der Waals surface area (Å²) in [7, 11) is 0. The molecule has 0 heterocycles. The van der Waals surface area contributed by atoms with E-state index in [1.165, 1.54) is 0 Å². The Kier molecular flexibility index (Phi) is 7.48. The minimum absolute atomic E-state index is 0.249. The Morgan fingerprint density at radius 2 is 1.95 bits per heavy atom. The number of hydrogen-bond acceptors (Lipinski definition) is 4. The summed E-state index contributed by atoms with van der Waals surface area (Å²) < 4.78 is 10.8. The molecule has 1 unspecified atom stereocenters. The molecule has 1 aromatic rings. The SMILES string of the molecule is CCOCC(O)COc1ccccc1CNC(C)C. The van der Waals surface area contributed by atoms with Gasteiger partial charge in [0, 0.05) is 24.8 Å². The molecule has 1 aromatic carbocycles. The molecule has 0 radical (unpaired) electrons. The molecule has 0 saturated heterocycles. The fourth-order valence-corrected chi connectivity index (χ4v) is 1.59. The predicted octanol–water partition coefficient (Wildman–Crippen LogP) is 1.96. The van der Waals surface area contributed by atoms with Gasteiger partial charge in [-0.3, -0.25) is 0 Å². The second-order valence-corrected chi connectivity index (χ2v) is 4.77. The zero-order valence-corrected chi connectivity index (χ0v) is 12.1. The lowest BCUT2D eigenvalue weighted by Crippen LogP contribution is -2.25. The fourth-order valence-electron chi connectivity index (χ4n) is 1.59. The van der Waals surface area contributed by atoms with Crippen LogP contribution in [0.2, 0.25) is 0 Å². The second-order valence-electron chi connectivity index (χ2n) is 4.77. The van der Waals surface area contributed by atoms with Crippen molar-refractivity contribution in [1.82, 2.24) is 5.32 Å². The van der Waals surface area contributed by atoms with E-state index in [1.807, 2.05) is 31.2 Å². The number of para-hydroxylation sites is 1. The van der Waals surface area contributed by atoms with Crippen LogP contribution in [0.5, 0.6) is 5.75 Å². The first-order valence-corrected chi connectivity index (χ1v) is 6.83. The summed E-state index contributed by atoms with van der Waals surface area (Å²) in [4.78, 5) is 0. The van der Waals surface area contributed by atoms with Gasteiger partial charge in [0.25, 0.3) is 0 Å². The lowest BCUT2D eigenvalue weighted by Gasteiger charge is -2.16. The zero-order chi connectivity index (χ0) is 14.1. The maximum atomic E-state index is 9.68. The Balaban J connectivity index is 2.48. The highest BCUT2D eigenvalue weighted by Gasteiger charge is 2.08. The number of aliphatic hydroxyl groups excluding tert-OH is 1. The van der Waals surface area contributed by atoms with Gasteiger partial charge >= 0.3 is 0 Å². The highest BCUT2D eigenvalue weighted by atomic mass is 16.5. The van der Waals surface area contributed by atoms with Gasteiger partial charge in [-0.25, -0.2) is 0 Å². The van der Waals surface area contributed by atoms with Gasteiger partial charge in [-0.1, -0.05) is 32.0 Å². The van der Waals surface area contributed by atoms with E-state index in [-0.39, 0.29) is 6.61 Å². The van der Waals surface area contributed by atoms with Crippen LogP contribution in [0.1, 0.15) is 26.3 Å². The molecule has 108 valence electrons. The Morgan fingerprint density at radius 1 is 1.21 bits per heavy atom. The molecule has 2 N–H and O–H groups in total. The van der Waals surface area contributed by atoms with Crippen molar-refractivity contribution in [1.29, 1.82) is 0 Å². The Morgan fingerprint density at radius 3 is 2.63 bits per heavy atom. The molecule has 0 fully saturated rings. The van der Waals surface area contributed by atoms with Gasteiger partial charge in [-0.2, -0.15) is 0 Å². The maximum Gasteiger partial charge on any atom is 0.123 e. The maximum absolute atomic E-state index is 9.68. The highest BCUT2D eigenvalue weighted by Crippen LogP contribution is 2.18. The van der Waals surface area contributed by atoms with Gasteiger partial charge in [-0.15, -0.1) is 0 Å². The molecule has 0 aliphatic rings. The second kappa shape index (κ2) is 8.91. The van der Waals surface area contributed by atoms with Crippen LogP contribution < -0.4 is 10.1 Å². The molecule has 0 aromatic heterocycles. The van der Waals surface area contributed by atoms with Gasteiger partial charge in [0.05, 0.1) is 6.61 Å². The monoisotopic (exact) mass is 267 g/mol. The van der Waals surface area contributed by atoms with Crippen LogP contribution in [-0.4, -0.2) is 37.1 Å². The average Bonchev–Trinajstić information content (AvgIpc) is 2.41. The topological polar surface area (TPSA) is 50.7 Å². The fraction of sp³-hybridized carbons (Fsp3) is 0.600. The van der Waals surface area contributed by atoms with E-state index >= 15 is 0 Å². The van der Waals surface area contributed by atoms with Crippen LogP contribution in [0.4, 0.5) is 0 Å². The van der Waals surface area contributed by atoms with Crippen molar-refractivity contribution < 1.29 is 14.6 Å².